The topological polar surface area (TPSA) is 71.3 Å². The fourth-order valence-electron chi connectivity index (χ4n) is 2.60. The standard InChI is InChI=1S/C13H22N4O2S/c1-17(2)9-11-14-12(16-19-11)13(6-3-4-7-13)15-10(18)5-8-20/h20H,3-9H2,1-2H3,(H,15,18). The molecule has 1 saturated carbocycles. The lowest BCUT2D eigenvalue weighted by Crippen LogP contribution is -2.44. The number of aromatic nitrogens is 2. The van der Waals surface area contributed by atoms with Crippen LogP contribution < -0.4 is 5.32 Å². The Morgan fingerprint density at radius 3 is 2.75 bits per heavy atom. The highest BCUT2D eigenvalue weighted by Crippen LogP contribution is 2.37. The van der Waals surface area contributed by atoms with Crippen LogP contribution in [0.1, 0.15) is 43.8 Å². The quantitative estimate of drug-likeness (QED) is 0.776. The average Bonchev–Trinajstić information content (AvgIpc) is 2.98. The summed E-state index contributed by atoms with van der Waals surface area (Å²) < 4.78 is 5.29. The number of amides is 1. The van der Waals surface area contributed by atoms with Gasteiger partial charge in [-0.25, -0.2) is 0 Å². The molecule has 1 amide bonds. The van der Waals surface area contributed by atoms with Crippen LogP contribution in [0.3, 0.4) is 0 Å². The van der Waals surface area contributed by atoms with Crippen LogP contribution >= 0.6 is 12.6 Å². The van der Waals surface area contributed by atoms with Gasteiger partial charge in [0.15, 0.2) is 5.82 Å². The van der Waals surface area contributed by atoms with Gasteiger partial charge in [-0.15, -0.1) is 0 Å². The maximum atomic E-state index is 11.9. The molecule has 0 unspecified atom stereocenters. The molecule has 1 aliphatic carbocycles. The molecule has 1 aromatic heterocycles. The minimum Gasteiger partial charge on any atom is -0.343 e. The van der Waals surface area contributed by atoms with Gasteiger partial charge < -0.3 is 14.7 Å². The number of carbonyl (C=O) groups excluding carboxylic acids is 1. The lowest BCUT2D eigenvalue weighted by molar-refractivity contribution is -0.122. The maximum absolute atomic E-state index is 11.9. The van der Waals surface area contributed by atoms with E-state index in [1.54, 1.807) is 0 Å². The highest BCUT2D eigenvalue weighted by Gasteiger charge is 2.41. The zero-order valence-corrected chi connectivity index (χ0v) is 12.9. The second-order valence-corrected chi connectivity index (χ2v) is 6.01. The van der Waals surface area contributed by atoms with Crippen LogP contribution in [0.15, 0.2) is 4.52 Å². The molecule has 112 valence electrons. The van der Waals surface area contributed by atoms with Crippen LogP contribution in [0.5, 0.6) is 0 Å². The van der Waals surface area contributed by atoms with Crippen molar-refractivity contribution in [2.45, 2.75) is 44.2 Å². The van der Waals surface area contributed by atoms with E-state index < -0.39 is 5.54 Å². The average molecular weight is 298 g/mol. The van der Waals surface area contributed by atoms with E-state index in [9.17, 15) is 4.79 Å². The molecule has 6 nitrogen and oxygen atoms in total. The van der Waals surface area contributed by atoms with Gasteiger partial charge in [0.2, 0.25) is 11.8 Å². The van der Waals surface area contributed by atoms with Crippen LogP contribution in [0, 0.1) is 0 Å². The number of carbonyl (C=O) groups is 1. The minimum atomic E-state index is -0.450. The molecule has 0 bridgehead atoms. The fraction of sp³-hybridized carbons (Fsp3) is 0.769. The molecule has 1 aromatic rings. The number of nitrogens with zero attached hydrogens (tertiary/aromatic N) is 3. The number of hydrogen-bond acceptors (Lipinski definition) is 6. The zero-order chi connectivity index (χ0) is 14.6. The molecule has 1 heterocycles. The van der Waals surface area contributed by atoms with E-state index in [0.29, 0.717) is 30.4 Å². The first-order chi connectivity index (χ1) is 9.55. The third-order valence-corrected chi connectivity index (χ3v) is 3.75. The van der Waals surface area contributed by atoms with Crippen LogP contribution in [-0.4, -0.2) is 40.8 Å². The lowest BCUT2D eigenvalue weighted by atomic mass is 9.96. The molecule has 20 heavy (non-hydrogen) atoms. The van der Waals surface area contributed by atoms with Gasteiger partial charge in [0, 0.05) is 6.42 Å². The smallest absolute Gasteiger partial charge is 0.240 e. The van der Waals surface area contributed by atoms with E-state index in [0.717, 1.165) is 25.7 Å². The van der Waals surface area contributed by atoms with Crippen LogP contribution in [0.2, 0.25) is 0 Å². The van der Waals surface area contributed by atoms with Crippen molar-refractivity contribution in [3.05, 3.63) is 11.7 Å². The van der Waals surface area contributed by atoms with Gasteiger partial charge in [-0.2, -0.15) is 17.6 Å². The van der Waals surface area contributed by atoms with Gasteiger partial charge in [-0.3, -0.25) is 4.79 Å². The Kier molecular flexibility index (Phi) is 5.04. The largest absolute Gasteiger partial charge is 0.343 e. The molecule has 0 spiro atoms. The summed E-state index contributed by atoms with van der Waals surface area (Å²) in [5.74, 6) is 1.74. The highest BCUT2D eigenvalue weighted by atomic mass is 32.1. The van der Waals surface area contributed by atoms with Crippen LogP contribution in [0.25, 0.3) is 0 Å². The van der Waals surface area contributed by atoms with Crippen molar-refractivity contribution in [1.29, 1.82) is 0 Å². The molecule has 1 N–H and O–H groups in total. The molecular weight excluding hydrogens is 276 g/mol. The highest BCUT2D eigenvalue weighted by molar-refractivity contribution is 7.80. The fourth-order valence-corrected chi connectivity index (χ4v) is 2.80. The summed E-state index contributed by atoms with van der Waals surface area (Å²) in [5.41, 5.74) is -0.450. The molecule has 0 aliphatic heterocycles. The molecule has 7 heteroatoms. The molecule has 0 radical (unpaired) electrons. The van der Waals surface area contributed by atoms with E-state index in [2.05, 4.69) is 28.1 Å². The van der Waals surface area contributed by atoms with Gasteiger partial charge >= 0.3 is 0 Å². The van der Waals surface area contributed by atoms with E-state index in [4.69, 9.17) is 4.52 Å². The first kappa shape index (κ1) is 15.3. The van der Waals surface area contributed by atoms with Crippen molar-refractivity contribution in [2.24, 2.45) is 0 Å². The van der Waals surface area contributed by atoms with Crippen molar-refractivity contribution in [1.82, 2.24) is 20.4 Å². The number of thiol groups is 1. The van der Waals surface area contributed by atoms with E-state index in [1.165, 1.54) is 0 Å². The second-order valence-electron chi connectivity index (χ2n) is 5.56. The molecule has 0 saturated heterocycles. The number of nitrogens with one attached hydrogen (secondary N) is 1. The van der Waals surface area contributed by atoms with Gasteiger partial charge in [-0.05, 0) is 32.7 Å². The Labute approximate surface area is 124 Å². The summed E-state index contributed by atoms with van der Waals surface area (Å²) in [7, 11) is 3.90. The summed E-state index contributed by atoms with van der Waals surface area (Å²) in [6, 6.07) is 0. The van der Waals surface area contributed by atoms with Crippen molar-refractivity contribution in [3.63, 3.8) is 0 Å². The third-order valence-electron chi connectivity index (χ3n) is 3.52. The second kappa shape index (κ2) is 6.58. The van der Waals surface area contributed by atoms with Crippen molar-refractivity contribution in [3.8, 4) is 0 Å². The first-order valence-corrected chi connectivity index (χ1v) is 7.59. The zero-order valence-electron chi connectivity index (χ0n) is 12.1. The predicted molar refractivity (Wildman–Crippen MR) is 78.4 cm³/mol. The van der Waals surface area contributed by atoms with Gasteiger partial charge in [0.05, 0.1) is 6.54 Å². The minimum absolute atomic E-state index is 0.000796. The summed E-state index contributed by atoms with van der Waals surface area (Å²) in [5, 5.41) is 7.18. The van der Waals surface area contributed by atoms with Crippen LogP contribution in [0.4, 0.5) is 0 Å². The molecule has 0 aromatic carbocycles. The summed E-state index contributed by atoms with van der Waals surface area (Å²) in [6.45, 7) is 0.605. The van der Waals surface area contributed by atoms with E-state index >= 15 is 0 Å². The Morgan fingerprint density at radius 1 is 1.45 bits per heavy atom. The molecular formula is C13H22N4O2S. The predicted octanol–water partition coefficient (Wildman–Crippen LogP) is 1.34. The number of hydrogen-bond donors (Lipinski definition) is 2. The van der Waals surface area contributed by atoms with E-state index in [1.807, 2.05) is 19.0 Å². The molecule has 1 aliphatic rings. The lowest BCUT2D eigenvalue weighted by Gasteiger charge is -2.26. The van der Waals surface area contributed by atoms with E-state index in [-0.39, 0.29) is 5.91 Å². The summed E-state index contributed by atoms with van der Waals surface area (Å²) >= 11 is 4.10. The Hall–Kier alpha value is -1.08. The summed E-state index contributed by atoms with van der Waals surface area (Å²) in [4.78, 5) is 18.3. The Morgan fingerprint density at radius 2 is 2.15 bits per heavy atom. The van der Waals surface area contributed by atoms with Crippen molar-refractivity contribution in [2.75, 3.05) is 19.8 Å². The molecule has 1 fully saturated rings. The maximum Gasteiger partial charge on any atom is 0.240 e. The Bertz CT molecular complexity index is 455. The van der Waals surface area contributed by atoms with Gasteiger partial charge in [-0.1, -0.05) is 18.0 Å². The number of rotatable bonds is 6. The third kappa shape index (κ3) is 3.52. The normalized spacial score (nSPS) is 17.6. The van der Waals surface area contributed by atoms with Crippen LogP contribution in [-0.2, 0) is 16.9 Å². The van der Waals surface area contributed by atoms with Crippen molar-refractivity contribution >= 4 is 18.5 Å². The van der Waals surface area contributed by atoms with Gasteiger partial charge in [0.1, 0.15) is 5.54 Å². The monoisotopic (exact) mass is 298 g/mol. The molecule has 0 atom stereocenters. The van der Waals surface area contributed by atoms with Crippen molar-refractivity contribution < 1.29 is 9.32 Å². The SMILES string of the molecule is CN(C)Cc1nc(C2(NC(=O)CCS)CCCC2)no1. The Balaban J connectivity index is 2.15. The first-order valence-electron chi connectivity index (χ1n) is 6.95. The molecule has 2 rings (SSSR count). The summed E-state index contributed by atoms with van der Waals surface area (Å²) in [6.07, 6.45) is 4.28. The van der Waals surface area contributed by atoms with Gasteiger partial charge in [0.25, 0.3) is 0 Å².